The van der Waals surface area contributed by atoms with E-state index < -0.39 is 101 Å². The number of hydrogen-bond donors (Lipinski definition) is 0. The van der Waals surface area contributed by atoms with E-state index in [9.17, 15) is 28.8 Å². The highest BCUT2D eigenvalue weighted by Crippen LogP contribution is 2.66. The Morgan fingerprint density at radius 2 is 1.50 bits per heavy atom. The van der Waals surface area contributed by atoms with Gasteiger partial charge in [0, 0.05) is 58.3 Å². The van der Waals surface area contributed by atoms with Crippen LogP contribution in [-0.4, -0.2) is 83.6 Å². The van der Waals surface area contributed by atoms with Crippen LogP contribution in [0.2, 0.25) is 0 Å². The standard InChI is InChI=1S/C35H48O13/c1-10-12-14-28(40)45-23-17-25(42-20(5)36)33(8)29(19(23)4)31(44-22(7)38)35-26(47-32(41)34(35,9)48-35)16-18(3)15-24(30(33)43-21(6)37)46-27(39)13-11-2/h10,16,19,23-26,29-31H,1,11-15,17H2,2-9H3/b18-16-/t19-,23-,24-,25-,26-,29+,30-,31?,33-,34-,35-/m0/s1. The smallest absolute Gasteiger partial charge is 0.342 e. The molecular weight excluding hydrogens is 628 g/mol. The molecule has 13 nitrogen and oxygen atoms in total. The van der Waals surface area contributed by atoms with Gasteiger partial charge in [0.15, 0.2) is 17.3 Å². The summed E-state index contributed by atoms with van der Waals surface area (Å²) in [4.78, 5) is 78.1. The summed E-state index contributed by atoms with van der Waals surface area (Å²) in [7, 11) is 0. The number of carbonyl (C=O) groups excluding carboxylic acids is 6. The summed E-state index contributed by atoms with van der Waals surface area (Å²) in [5.41, 5.74) is -3.95. The monoisotopic (exact) mass is 676 g/mol. The van der Waals surface area contributed by atoms with Gasteiger partial charge < -0.3 is 33.2 Å². The summed E-state index contributed by atoms with van der Waals surface area (Å²) < 4.78 is 42.4. The van der Waals surface area contributed by atoms with E-state index in [1.165, 1.54) is 20.8 Å². The first-order valence-electron chi connectivity index (χ1n) is 16.6. The molecule has 1 spiro atoms. The fourth-order valence-electron chi connectivity index (χ4n) is 8.13. The lowest BCUT2D eigenvalue weighted by atomic mass is 9.52. The first-order chi connectivity index (χ1) is 22.5. The Morgan fingerprint density at radius 1 is 0.917 bits per heavy atom. The van der Waals surface area contributed by atoms with Crippen molar-refractivity contribution in [3.05, 3.63) is 24.3 Å². The molecule has 266 valence electrons. The predicted molar refractivity (Wildman–Crippen MR) is 167 cm³/mol. The Morgan fingerprint density at radius 3 is 2.06 bits per heavy atom. The minimum atomic E-state index is -1.54. The molecule has 0 bridgehead atoms. The summed E-state index contributed by atoms with van der Waals surface area (Å²) in [5, 5.41) is 0. The SMILES string of the molecule is C=CCCC(=O)O[C@H]1C[C@H](OC(C)=O)[C@]2(C)[C@@H](OC(C)=O)[C@@H](OC(=O)CCC)C/C(C)=C\[C@@H]3OC(=O)[C@]4(C)O[C@]34C(OC(C)=O)[C@H]2[C@H]1C. The number of allylic oxidation sites excluding steroid dienone is 1. The van der Waals surface area contributed by atoms with Gasteiger partial charge in [-0.1, -0.05) is 32.4 Å². The zero-order valence-corrected chi connectivity index (χ0v) is 29.0. The molecule has 1 unspecified atom stereocenters. The van der Waals surface area contributed by atoms with Gasteiger partial charge in [-0.25, -0.2) is 4.79 Å². The summed E-state index contributed by atoms with van der Waals surface area (Å²) in [6.07, 6.45) is -2.45. The van der Waals surface area contributed by atoms with Crippen LogP contribution in [0.5, 0.6) is 0 Å². The van der Waals surface area contributed by atoms with E-state index in [1.807, 2.05) is 6.92 Å². The predicted octanol–water partition coefficient (Wildman–Crippen LogP) is 3.84. The van der Waals surface area contributed by atoms with E-state index in [1.54, 1.807) is 39.8 Å². The molecule has 0 aromatic rings. The maximum Gasteiger partial charge on any atom is 0.342 e. The average molecular weight is 677 g/mol. The summed E-state index contributed by atoms with van der Waals surface area (Å²) in [6, 6.07) is 0. The minimum Gasteiger partial charge on any atom is -0.462 e. The van der Waals surface area contributed by atoms with E-state index in [0.717, 1.165) is 0 Å². The third kappa shape index (κ3) is 6.62. The van der Waals surface area contributed by atoms with E-state index in [-0.39, 0.29) is 25.7 Å². The van der Waals surface area contributed by atoms with E-state index in [2.05, 4.69) is 6.58 Å². The molecule has 3 fully saturated rings. The van der Waals surface area contributed by atoms with Crippen LogP contribution < -0.4 is 0 Å². The lowest BCUT2D eigenvalue weighted by Gasteiger charge is -2.57. The second-order valence-corrected chi connectivity index (χ2v) is 13.8. The van der Waals surface area contributed by atoms with Crippen LogP contribution in [0.4, 0.5) is 0 Å². The number of fused-ring (bicyclic) bond motifs is 1. The fourth-order valence-corrected chi connectivity index (χ4v) is 8.13. The first-order valence-corrected chi connectivity index (χ1v) is 16.6. The molecule has 0 N–H and O–H groups in total. The molecule has 4 aliphatic rings. The molecule has 0 amide bonds. The number of epoxide rings is 1. The van der Waals surface area contributed by atoms with Crippen molar-refractivity contribution in [2.75, 3.05) is 0 Å². The number of esters is 6. The van der Waals surface area contributed by atoms with E-state index in [0.29, 0.717) is 18.4 Å². The molecule has 0 aromatic carbocycles. The Labute approximate surface area is 281 Å². The van der Waals surface area contributed by atoms with Crippen molar-refractivity contribution in [1.82, 2.24) is 0 Å². The summed E-state index contributed by atoms with van der Waals surface area (Å²) in [6.45, 7) is 15.9. The van der Waals surface area contributed by atoms with Crippen molar-refractivity contribution in [1.29, 1.82) is 0 Å². The molecule has 13 heteroatoms. The number of rotatable bonds is 10. The van der Waals surface area contributed by atoms with Crippen molar-refractivity contribution >= 4 is 35.8 Å². The lowest BCUT2D eigenvalue weighted by molar-refractivity contribution is -0.248. The van der Waals surface area contributed by atoms with Gasteiger partial charge in [0.2, 0.25) is 0 Å². The molecule has 4 rings (SSSR count). The second kappa shape index (κ2) is 14.0. The Balaban J connectivity index is 2.04. The quantitative estimate of drug-likeness (QED) is 0.142. The molecule has 1 saturated carbocycles. The Kier molecular flexibility index (Phi) is 10.8. The van der Waals surface area contributed by atoms with Crippen molar-refractivity contribution in [2.45, 2.75) is 142 Å². The number of carbonyl (C=O) groups is 6. The molecule has 2 saturated heterocycles. The van der Waals surface area contributed by atoms with Crippen molar-refractivity contribution in [3.63, 3.8) is 0 Å². The molecule has 2 heterocycles. The Bertz CT molecular complexity index is 1370. The average Bonchev–Trinajstić information content (AvgIpc) is 3.57. The first kappa shape index (κ1) is 37.1. The zero-order valence-electron chi connectivity index (χ0n) is 29.0. The molecule has 11 atom stereocenters. The number of hydrogen-bond acceptors (Lipinski definition) is 13. The fraction of sp³-hybridized carbons (Fsp3) is 0.714. The third-order valence-corrected chi connectivity index (χ3v) is 10.3. The molecule has 2 aliphatic carbocycles. The number of ether oxygens (including phenoxy) is 7. The van der Waals surface area contributed by atoms with Crippen LogP contribution in [0.15, 0.2) is 24.3 Å². The largest absolute Gasteiger partial charge is 0.462 e. The van der Waals surface area contributed by atoms with Gasteiger partial charge >= 0.3 is 35.8 Å². The van der Waals surface area contributed by atoms with Crippen LogP contribution in [0.3, 0.4) is 0 Å². The van der Waals surface area contributed by atoms with Gasteiger partial charge in [-0.05, 0) is 32.8 Å². The lowest BCUT2D eigenvalue weighted by Crippen LogP contribution is -2.68. The highest BCUT2D eigenvalue weighted by Gasteiger charge is 2.87. The normalized spacial score (nSPS) is 39.4. The summed E-state index contributed by atoms with van der Waals surface area (Å²) in [5.74, 6) is -5.49. The zero-order chi connectivity index (χ0) is 35.8. The Hall–Kier alpha value is -3.74. The molecule has 48 heavy (non-hydrogen) atoms. The second-order valence-electron chi connectivity index (χ2n) is 13.8. The third-order valence-electron chi connectivity index (χ3n) is 10.3. The summed E-state index contributed by atoms with van der Waals surface area (Å²) >= 11 is 0. The van der Waals surface area contributed by atoms with Crippen LogP contribution >= 0.6 is 0 Å². The van der Waals surface area contributed by atoms with Crippen molar-refractivity contribution in [3.8, 4) is 0 Å². The van der Waals surface area contributed by atoms with Crippen molar-refractivity contribution in [2.24, 2.45) is 17.3 Å². The van der Waals surface area contributed by atoms with Crippen molar-refractivity contribution < 1.29 is 61.9 Å². The van der Waals surface area contributed by atoms with Crippen LogP contribution in [-0.2, 0) is 61.9 Å². The van der Waals surface area contributed by atoms with Gasteiger partial charge in [-0.2, -0.15) is 0 Å². The van der Waals surface area contributed by atoms with Gasteiger partial charge in [0.25, 0.3) is 0 Å². The van der Waals surface area contributed by atoms with Gasteiger partial charge in [0.1, 0.15) is 30.5 Å². The maximum absolute atomic E-state index is 13.4. The molecular formula is C35H48O13. The van der Waals surface area contributed by atoms with Gasteiger partial charge in [-0.3, -0.25) is 24.0 Å². The van der Waals surface area contributed by atoms with Crippen LogP contribution in [0.1, 0.15) is 93.9 Å². The van der Waals surface area contributed by atoms with Crippen LogP contribution in [0, 0.1) is 17.3 Å². The highest BCUT2D eigenvalue weighted by molar-refractivity contribution is 5.89. The maximum atomic E-state index is 13.4. The van der Waals surface area contributed by atoms with E-state index >= 15 is 0 Å². The minimum absolute atomic E-state index is 0.0213. The topological polar surface area (TPSA) is 170 Å². The molecule has 0 radical (unpaired) electrons. The highest BCUT2D eigenvalue weighted by atomic mass is 16.7. The van der Waals surface area contributed by atoms with Gasteiger partial charge in [-0.15, -0.1) is 6.58 Å². The molecule has 2 aliphatic heterocycles. The van der Waals surface area contributed by atoms with E-state index in [4.69, 9.17) is 33.2 Å². The van der Waals surface area contributed by atoms with Crippen LogP contribution in [0.25, 0.3) is 0 Å². The molecule has 0 aromatic heterocycles. The van der Waals surface area contributed by atoms with Gasteiger partial charge in [0.05, 0.1) is 5.41 Å².